The number of amides is 1. The summed E-state index contributed by atoms with van der Waals surface area (Å²) in [4.78, 5) is 16.1. The first-order valence-corrected chi connectivity index (χ1v) is 11.9. The second kappa shape index (κ2) is 11.5. The Balaban J connectivity index is 2.12. The van der Waals surface area contributed by atoms with Crippen LogP contribution in [0.1, 0.15) is 36.1 Å². The average Bonchev–Trinajstić information content (AvgIpc) is 2.74. The van der Waals surface area contributed by atoms with Gasteiger partial charge in [-0.3, -0.25) is 9.52 Å². The van der Waals surface area contributed by atoms with Crippen molar-refractivity contribution in [3.8, 4) is 5.88 Å². The molecule has 0 spiro atoms. The van der Waals surface area contributed by atoms with E-state index in [0.29, 0.717) is 13.0 Å². The zero-order chi connectivity index (χ0) is 25.5. The molecule has 0 aliphatic rings. The molecule has 0 aliphatic carbocycles. The van der Waals surface area contributed by atoms with E-state index in [1.165, 1.54) is 26.2 Å². The highest BCUT2D eigenvalue weighted by Crippen LogP contribution is 2.30. The molecule has 0 aliphatic heterocycles. The third-order valence-electron chi connectivity index (χ3n) is 4.60. The number of halogens is 4. The number of rotatable bonds is 11. The Morgan fingerprint density at radius 3 is 2.47 bits per heavy atom. The number of benzene rings is 1. The summed E-state index contributed by atoms with van der Waals surface area (Å²) in [5, 5.41) is 2.57. The first-order valence-electron chi connectivity index (χ1n) is 10.1. The maximum Gasteiger partial charge on any atom is 0.433 e. The van der Waals surface area contributed by atoms with Crippen molar-refractivity contribution in [3.63, 3.8) is 0 Å². The minimum atomic E-state index is -4.66. The number of anilines is 1. The van der Waals surface area contributed by atoms with Crippen molar-refractivity contribution in [2.45, 2.75) is 32.0 Å². The predicted molar refractivity (Wildman–Crippen MR) is 116 cm³/mol. The molecule has 8 nitrogen and oxygen atoms in total. The number of sulfonamides is 1. The van der Waals surface area contributed by atoms with Crippen molar-refractivity contribution in [2.24, 2.45) is 0 Å². The number of alkyl halides is 3. The van der Waals surface area contributed by atoms with E-state index in [1.54, 1.807) is 0 Å². The van der Waals surface area contributed by atoms with Gasteiger partial charge in [0, 0.05) is 32.2 Å². The number of nitrogens with one attached hydrogen (secondary N) is 2. The van der Waals surface area contributed by atoms with Crippen LogP contribution < -0.4 is 14.8 Å². The van der Waals surface area contributed by atoms with E-state index in [-0.39, 0.29) is 35.8 Å². The van der Waals surface area contributed by atoms with Crippen LogP contribution in [0.4, 0.5) is 23.2 Å². The number of carbonyl (C=O) groups is 1. The van der Waals surface area contributed by atoms with Crippen LogP contribution in [0.2, 0.25) is 0 Å². The van der Waals surface area contributed by atoms with Crippen LogP contribution in [0, 0.1) is 5.82 Å². The molecule has 13 heteroatoms. The molecule has 1 atom stereocenters. The number of nitrogens with zero attached hydrogens (tertiary/aromatic N) is 1. The van der Waals surface area contributed by atoms with E-state index >= 15 is 0 Å². The van der Waals surface area contributed by atoms with Crippen LogP contribution >= 0.6 is 0 Å². The lowest BCUT2D eigenvalue weighted by Crippen LogP contribution is -2.28. The standard InChI is InChI=1S/C21H25F4N3O5S/c1-13(14-5-7-17(16(22)11-14)28-34(3,30)31)19(29)26-12-15-6-8-18(21(23,24)25)27-20(15)33-10-4-9-32-2/h5-8,11,13,28H,4,9-10,12H2,1-3H3,(H,26,29). The number of hydrogen-bond acceptors (Lipinski definition) is 6. The van der Waals surface area contributed by atoms with Crippen molar-refractivity contribution in [1.82, 2.24) is 10.3 Å². The summed E-state index contributed by atoms with van der Waals surface area (Å²) in [7, 11) is -2.20. The molecule has 188 valence electrons. The molecule has 1 aromatic heterocycles. The number of ether oxygens (including phenoxy) is 2. The Bertz CT molecular complexity index is 1110. The van der Waals surface area contributed by atoms with Crippen molar-refractivity contribution >= 4 is 21.6 Å². The molecular formula is C21H25F4N3O5S. The van der Waals surface area contributed by atoms with Gasteiger partial charge in [-0.1, -0.05) is 6.07 Å². The Hall–Kier alpha value is -2.93. The van der Waals surface area contributed by atoms with Gasteiger partial charge >= 0.3 is 6.18 Å². The maximum atomic E-state index is 14.2. The smallest absolute Gasteiger partial charge is 0.433 e. The Labute approximate surface area is 194 Å². The highest BCUT2D eigenvalue weighted by atomic mass is 32.2. The van der Waals surface area contributed by atoms with Gasteiger partial charge in [0.15, 0.2) is 0 Å². The molecule has 34 heavy (non-hydrogen) atoms. The molecular weight excluding hydrogens is 482 g/mol. The molecule has 1 amide bonds. The SMILES string of the molecule is COCCCOc1nc(C(F)(F)F)ccc1CNC(=O)C(C)c1ccc(NS(C)(=O)=O)c(F)c1. The minimum Gasteiger partial charge on any atom is -0.477 e. The minimum absolute atomic E-state index is 0.0621. The highest BCUT2D eigenvalue weighted by molar-refractivity contribution is 7.92. The fourth-order valence-electron chi connectivity index (χ4n) is 2.83. The second-order valence-electron chi connectivity index (χ2n) is 7.41. The average molecular weight is 508 g/mol. The quantitative estimate of drug-likeness (QED) is 0.357. The first-order chi connectivity index (χ1) is 15.8. The van der Waals surface area contributed by atoms with E-state index in [9.17, 15) is 30.8 Å². The maximum absolute atomic E-state index is 14.2. The zero-order valence-electron chi connectivity index (χ0n) is 18.7. The van der Waals surface area contributed by atoms with E-state index < -0.39 is 39.5 Å². The third kappa shape index (κ3) is 8.13. The molecule has 2 N–H and O–H groups in total. The summed E-state index contributed by atoms with van der Waals surface area (Å²) < 4.78 is 88.1. The molecule has 0 fully saturated rings. The lowest BCUT2D eigenvalue weighted by atomic mass is 9.99. The lowest BCUT2D eigenvalue weighted by Gasteiger charge is -2.16. The number of pyridine rings is 1. The van der Waals surface area contributed by atoms with E-state index in [0.717, 1.165) is 24.5 Å². The Morgan fingerprint density at radius 1 is 1.18 bits per heavy atom. The molecule has 0 saturated heterocycles. The molecule has 0 radical (unpaired) electrons. The van der Waals surface area contributed by atoms with Gasteiger partial charge in [0.1, 0.15) is 11.5 Å². The van der Waals surface area contributed by atoms with Gasteiger partial charge in [-0.15, -0.1) is 0 Å². The summed E-state index contributed by atoms with van der Waals surface area (Å²) in [6.07, 6.45) is -3.36. The molecule has 1 aromatic carbocycles. The van der Waals surface area contributed by atoms with Crippen LogP contribution in [0.25, 0.3) is 0 Å². The zero-order valence-corrected chi connectivity index (χ0v) is 19.5. The second-order valence-corrected chi connectivity index (χ2v) is 9.15. The topological polar surface area (TPSA) is 107 Å². The van der Waals surface area contributed by atoms with Crippen LogP contribution in [0.15, 0.2) is 30.3 Å². The molecule has 1 heterocycles. The van der Waals surface area contributed by atoms with E-state index in [4.69, 9.17) is 9.47 Å². The number of aromatic nitrogens is 1. The van der Waals surface area contributed by atoms with E-state index in [1.807, 2.05) is 4.72 Å². The summed E-state index contributed by atoms with van der Waals surface area (Å²) >= 11 is 0. The third-order valence-corrected chi connectivity index (χ3v) is 5.19. The van der Waals surface area contributed by atoms with Crippen LogP contribution in [-0.2, 0) is 32.3 Å². The van der Waals surface area contributed by atoms with Crippen molar-refractivity contribution in [1.29, 1.82) is 0 Å². The Kier molecular flexibility index (Phi) is 9.21. The van der Waals surface area contributed by atoms with Crippen LogP contribution in [0.3, 0.4) is 0 Å². The normalized spacial score (nSPS) is 12.8. The summed E-state index contributed by atoms with van der Waals surface area (Å²) in [6.45, 7) is 1.73. The molecule has 1 unspecified atom stereocenters. The van der Waals surface area contributed by atoms with Crippen LogP contribution in [-0.4, -0.2) is 45.9 Å². The summed E-state index contributed by atoms with van der Waals surface area (Å²) in [6, 6.07) is 5.57. The fraction of sp³-hybridized carbons (Fsp3) is 0.429. The monoisotopic (exact) mass is 507 g/mol. The van der Waals surface area contributed by atoms with E-state index in [2.05, 4.69) is 10.3 Å². The molecule has 0 saturated carbocycles. The first kappa shape index (κ1) is 27.3. The molecule has 2 rings (SSSR count). The van der Waals surface area contributed by atoms with Gasteiger partial charge in [0.2, 0.25) is 21.8 Å². The van der Waals surface area contributed by atoms with Crippen molar-refractivity contribution in [2.75, 3.05) is 31.3 Å². The van der Waals surface area contributed by atoms with Gasteiger partial charge in [-0.25, -0.2) is 17.8 Å². The Morgan fingerprint density at radius 2 is 1.88 bits per heavy atom. The summed E-state index contributed by atoms with van der Waals surface area (Å²) in [5.41, 5.74) is -0.888. The van der Waals surface area contributed by atoms with Crippen molar-refractivity contribution in [3.05, 3.63) is 53.0 Å². The highest BCUT2D eigenvalue weighted by Gasteiger charge is 2.33. The fourth-order valence-corrected chi connectivity index (χ4v) is 3.39. The van der Waals surface area contributed by atoms with Crippen molar-refractivity contribution < 1.29 is 40.2 Å². The summed E-state index contributed by atoms with van der Waals surface area (Å²) in [5.74, 6) is -2.49. The van der Waals surface area contributed by atoms with Crippen LogP contribution in [0.5, 0.6) is 5.88 Å². The van der Waals surface area contributed by atoms with Gasteiger partial charge in [0.05, 0.1) is 24.5 Å². The van der Waals surface area contributed by atoms with Gasteiger partial charge in [-0.05, 0) is 36.8 Å². The largest absolute Gasteiger partial charge is 0.477 e. The lowest BCUT2D eigenvalue weighted by molar-refractivity contribution is -0.141. The van der Waals surface area contributed by atoms with Gasteiger partial charge < -0.3 is 14.8 Å². The number of carbonyl (C=O) groups excluding carboxylic acids is 1. The molecule has 2 aromatic rings. The van der Waals surface area contributed by atoms with Gasteiger partial charge in [0.25, 0.3) is 0 Å². The number of methoxy groups -OCH3 is 1. The predicted octanol–water partition coefficient (Wildman–Crippen LogP) is 3.45. The van der Waals surface area contributed by atoms with Gasteiger partial charge in [-0.2, -0.15) is 13.2 Å². The number of hydrogen-bond donors (Lipinski definition) is 2. The molecule has 0 bridgehead atoms.